The predicted molar refractivity (Wildman–Crippen MR) is 97.0 cm³/mol. The third-order valence-corrected chi connectivity index (χ3v) is 4.82. The van der Waals surface area contributed by atoms with E-state index < -0.39 is 7.05 Å². The van der Waals surface area contributed by atoms with Gasteiger partial charge in [-0.25, -0.2) is 0 Å². The van der Waals surface area contributed by atoms with Crippen molar-refractivity contribution in [3.8, 4) is 0 Å². The molecule has 1 aromatic rings. The van der Waals surface area contributed by atoms with Gasteiger partial charge < -0.3 is 9.83 Å². The Kier molecular flexibility index (Phi) is 5.55. The van der Waals surface area contributed by atoms with Crippen LogP contribution in [0.15, 0.2) is 35.9 Å². The zero-order chi connectivity index (χ0) is 17.8. The van der Waals surface area contributed by atoms with E-state index in [0.717, 1.165) is 36.8 Å². The predicted octanol–water partition coefficient (Wildman–Crippen LogP) is 1.20. The molecular weight excluding hydrogens is 317 g/mol. The molecule has 0 radical (unpaired) electrons. The molecule has 0 atom stereocenters. The molecule has 1 heterocycles. The molecule has 0 spiro atoms. The molecule has 3 rings (SSSR count). The number of rotatable bonds is 4. The van der Waals surface area contributed by atoms with Crippen molar-refractivity contribution in [2.24, 2.45) is 5.92 Å². The molecule has 1 aromatic carbocycles. The molecule has 7 heteroatoms. The Labute approximate surface area is 148 Å². The summed E-state index contributed by atoms with van der Waals surface area (Å²) in [5.74, 6) is -0.349. The number of nitrogens with zero attached hydrogens (tertiary/aromatic N) is 1. The van der Waals surface area contributed by atoms with Crippen LogP contribution in [0.3, 0.4) is 0 Å². The van der Waals surface area contributed by atoms with Crippen LogP contribution in [0, 0.1) is 5.92 Å². The molecule has 132 valence electrons. The van der Waals surface area contributed by atoms with Crippen LogP contribution in [0.5, 0.6) is 0 Å². The second kappa shape index (κ2) is 7.84. The average Bonchev–Trinajstić information content (AvgIpc) is 3.46. The Balaban J connectivity index is 1.77. The Bertz CT molecular complexity index is 661. The Hall–Kier alpha value is -2.12. The first-order valence-electron chi connectivity index (χ1n) is 8.86. The van der Waals surface area contributed by atoms with Gasteiger partial charge in [-0.15, -0.1) is 0 Å². The molecule has 1 aliphatic heterocycles. The quantitative estimate of drug-likeness (QED) is 0.437. The zero-order valence-corrected chi connectivity index (χ0v) is 14.5. The van der Waals surface area contributed by atoms with Gasteiger partial charge in [0.1, 0.15) is 0 Å². The number of hydrazine groups is 1. The fourth-order valence-corrected chi connectivity index (χ4v) is 3.15. The Morgan fingerprint density at radius 3 is 2.32 bits per heavy atom. The number of hydrogen-bond donors (Lipinski definition) is 3. The maximum absolute atomic E-state index is 12.8. The minimum absolute atomic E-state index is 0.0439. The van der Waals surface area contributed by atoms with E-state index in [1.807, 2.05) is 35.1 Å². The third-order valence-electron chi connectivity index (χ3n) is 4.82. The van der Waals surface area contributed by atoms with Gasteiger partial charge in [-0.3, -0.25) is 20.4 Å². The number of amides is 2. The molecule has 0 aromatic heterocycles. The largest absolute Gasteiger partial charge is 0.437 e. The molecule has 0 bridgehead atoms. The first-order chi connectivity index (χ1) is 12.1. The first-order valence-corrected chi connectivity index (χ1v) is 8.86. The Morgan fingerprint density at radius 1 is 1.12 bits per heavy atom. The van der Waals surface area contributed by atoms with Gasteiger partial charge in [0, 0.05) is 11.5 Å². The molecule has 1 aliphatic carbocycles. The lowest BCUT2D eigenvalue weighted by Gasteiger charge is -2.30. The molecule has 0 unspecified atom stereocenters. The molecule has 2 aliphatic rings. The van der Waals surface area contributed by atoms with Crippen molar-refractivity contribution >= 4 is 24.4 Å². The lowest BCUT2D eigenvalue weighted by Crippen LogP contribution is -2.44. The molecule has 2 amide bonds. The van der Waals surface area contributed by atoms with E-state index in [-0.39, 0.29) is 17.7 Å². The molecule has 25 heavy (non-hydrogen) atoms. The summed E-state index contributed by atoms with van der Waals surface area (Å²) in [6, 6.07) is 9.53. The van der Waals surface area contributed by atoms with Crippen LogP contribution in [0.25, 0.3) is 5.57 Å². The molecule has 3 N–H and O–H groups in total. The number of carbonyl (C=O) groups is 2. The van der Waals surface area contributed by atoms with Gasteiger partial charge in [-0.1, -0.05) is 35.9 Å². The summed E-state index contributed by atoms with van der Waals surface area (Å²) in [4.78, 5) is 26.5. The van der Waals surface area contributed by atoms with E-state index in [2.05, 4.69) is 10.9 Å². The van der Waals surface area contributed by atoms with E-state index in [9.17, 15) is 14.6 Å². The number of hydrogen-bond acceptors (Lipinski definition) is 4. The SMILES string of the molecule is CB(O)N1CCC(=C(C(=O)NNC(=O)C2CC2)c2ccccc2)CC1. The highest BCUT2D eigenvalue weighted by atomic mass is 16.2. The van der Waals surface area contributed by atoms with Gasteiger partial charge in [0.15, 0.2) is 0 Å². The molecule has 6 nitrogen and oxygen atoms in total. The summed E-state index contributed by atoms with van der Waals surface area (Å²) in [7, 11) is -0.478. The topological polar surface area (TPSA) is 81.7 Å². The summed E-state index contributed by atoms with van der Waals surface area (Å²) in [6.45, 7) is 3.18. The van der Waals surface area contributed by atoms with E-state index in [1.54, 1.807) is 6.82 Å². The zero-order valence-electron chi connectivity index (χ0n) is 14.5. The second-order valence-corrected chi connectivity index (χ2v) is 6.73. The highest BCUT2D eigenvalue weighted by Crippen LogP contribution is 2.29. The number of nitrogens with one attached hydrogen (secondary N) is 2. The third kappa shape index (κ3) is 4.49. The van der Waals surface area contributed by atoms with Crippen LogP contribution in [-0.4, -0.2) is 41.8 Å². The highest BCUT2D eigenvalue weighted by molar-refractivity contribution is 6.45. The van der Waals surface area contributed by atoms with Gasteiger partial charge in [-0.05, 0) is 51.2 Å². The van der Waals surface area contributed by atoms with Crippen molar-refractivity contribution in [3.63, 3.8) is 0 Å². The molecule has 1 saturated heterocycles. The van der Waals surface area contributed by atoms with E-state index in [1.165, 1.54) is 0 Å². The van der Waals surface area contributed by atoms with Gasteiger partial charge in [0.2, 0.25) is 5.91 Å². The van der Waals surface area contributed by atoms with Gasteiger partial charge in [0.05, 0.1) is 0 Å². The van der Waals surface area contributed by atoms with Crippen molar-refractivity contribution in [2.75, 3.05) is 13.1 Å². The van der Waals surface area contributed by atoms with Crippen LogP contribution in [-0.2, 0) is 9.59 Å². The minimum atomic E-state index is -0.478. The van der Waals surface area contributed by atoms with Gasteiger partial charge >= 0.3 is 7.05 Å². The van der Waals surface area contributed by atoms with Crippen LogP contribution in [0.4, 0.5) is 0 Å². The maximum Gasteiger partial charge on any atom is 0.376 e. The summed E-state index contributed by atoms with van der Waals surface area (Å²) < 4.78 is 0. The van der Waals surface area contributed by atoms with Crippen LogP contribution in [0.2, 0.25) is 6.82 Å². The Morgan fingerprint density at radius 2 is 1.76 bits per heavy atom. The van der Waals surface area contributed by atoms with E-state index >= 15 is 0 Å². The van der Waals surface area contributed by atoms with Gasteiger partial charge in [0.25, 0.3) is 5.91 Å². The normalized spacial score (nSPS) is 17.8. The maximum atomic E-state index is 12.8. The number of benzene rings is 1. The van der Waals surface area contributed by atoms with E-state index in [0.29, 0.717) is 18.7 Å². The van der Waals surface area contributed by atoms with Gasteiger partial charge in [-0.2, -0.15) is 0 Å². The average molecular weight is 341 g/mol. The van der Waals surface area contributed by atoms with Crippen LogP contribution >= 0.6 is 0 Å². The fourth-order valence-electron chi connectivity index (χ4n) is 3.15. The summed E-state index contributed by atoms with van der Waals surface area (Å²) >= 11 is 0. The van der Waals surface area contributed by atoms with Crippen molar-refractivity contribution in [3.05, 3.63) is 41.5 Å². The second-order valence-electron chi connectivity index (χ2n) is 6.73. The first kappa shape index (κ1) is 17.7. The van der Waals surface area contributed by atoms with Crippen molar-refractivity contribution in [1.29, 1.82) is 0 Å². The standard InChI is InChI=1S/C18H24BN3O3/c1-19(25)22-11-9-14(10-12-22)16(13-5-3-2-4-6-13)18(24)21-20-17(23)15-7-8-15/h2-6,15,25H,7-12H2,1H3,(H,20,23)(H,21,24). The highest BCUT2D eigenvalue weighted by Gasteiger charge is 2.30. The van der Waals surface area contributed by atoms with Crippen molar-refractivity contribution in [1.82, 2.24) is 15.7 Å². The fraction of sp³-hybridized carbons (Fsp3) is 0.444. The van der Waals surface area contributed by atoms with Crippen molar-refractivity contribution in [2.45, 2.75) is 32.5 Å². The molecular formula is C18H24BN3O3. The monoisotopic (exact) mass is 341 g/mol. The summed E-state index contributed by atoms with van der Waals surface area (Å²) in [5, 5.41) is 9.71. The lowest BCUT2D eigenvalue weighted by molar-refractivity contribution is -0.127. The van der Waals surface area contributed by atoms with Crippen molar-refractivity contribution < 1.29 is 14.6 Å². The molecule has 1 saturated carbocycles. The lowest BCUT2D eigenvalue weighted by atomic mass is 9.81. The summed E-state index contributed by atoms with van der Waals surface area (Å²) in [6.07, 6.45) is 3.23. The number of carbonyl (C=O) groups excluding carboxylic acids is 2. The van der Waals surface area contributed by atoms with E-state index in [4.69, 9.17) is 0 Å². The minimum Gasteiger partial charge on any atom is -0.437 e. The van der Waals surface area contributed by atoms with Crippen LogP contribution in [0.1, 0.15) is 31.2 Å². The number of piperidine rings is 1. The molecule has 2 fully saturated rings. The summed E-state index contributed by atoms with van der Waals surface area (Å²) in [5.41, 5.74) is 7.64. The smallest absolute Gasteiger partial charge is 0.376 e. The van der Waals surface area contributed by atoms with Crippen LogP contribution < -0.4 is 10.9 Å².